The molecule has 0 amide bonds. The van der Waals surface area contributed by atoms with Crippen LogP contribution in [0.15, 0.2) is 33.8 Å². The molecule has 2 heterocycles. The molecule has 1 saturated heterocycles. The molecule has 9 heteroatoms. The molecule has 0 spiro atoms. The maximum absolute atomic E-state index is 6.09. The number of aromatic nitrogens is 2. The summed E-state index contributed by atoms with van der Waals surface area (Å²) in [7, 11) is 1.80. The number of aliphatic imine (C=N–C) groups is 1. The molecule has 0 unspecified atom stereocenters. The van der Waals surface area contributed by atoms with Gasteiger partial charge >= 0.3 is 0 Å². The van der Waals surface area contributed by atoms with Crippen LogP contribution >= 0.6 is 35.6 Å². The Hall–Kier alpha value is -1.39. The molecule has 1 aromatic heterocycles. The second-order valence-electron chi connectivity index (χ2n) is 8.06. The fourth-order valence-electron chi connectivity index (χ4n) is 3.13. The molecule has 1 aliphatic rings. The summed E-state index contributed by atoms with van der Waals surface area (Å²) in [6.07, 6.45) is 0. The topological polar surface area (TPSA) is 69.8 Å². The number of benzene rings is 1. The van der Waals surface area contributed by atoms with E-state index in [0.717, 1.165) is 43.7 Å². The number of rotatable bonds is 4. The van der Waals surface area contributed by atoms with Gasteiger partial charge in [0.15, 0.2) is 11.8 Å². The molecule has 0 saturated carbocycles. The van der Waals surface area contributed by atoms with E-state index in [0.29, 0.717) is 18.3 Å². The quantitative estimate of drug-likeness (QED) is 0.369. The van der Waals surface area contributed by atoms with Gasteiger partial charge in [0, 0.05) is 50.2 Å². The molecular formula is C20H30ClIN6O. The van der Waals surface area contributed by atoms with E-state index >= 15 is 0 Å². The third-order valence-electron chi connectivity index (χ3n) is 4.69. The van der Waals surface area contributed by atoms with Crippen molar-refractivity contribution in [2.75, 3.05) is 33.2 Å². The number of guanidine groups is 1. The number of hydrogen-bond donors (Lipinski definition) is 1. The summed E-state index contributed by atoms with van der Waals surface area (Å²) in [5.74, 6) is 2.16. The van der Waals surface area contributed by atoms with Crippen molar-refractivity contribution in [1.82, 2.24) is 25.3 Å². The summed E-state index contributed by atoms with van der Waals surface area (Å²) < 4.78 is 5.35. The third-order valence-corrected chi connectivity index (χ3v) is 4.93. The molecule has 1 aromatic carbocycles. The van der Waals surface area contributed by atoms with Gasteiger partial charge in [-0.05, 0) is 17.7 Å². The van der Waals surface area contributed by atoms with Crippen molar-refractivity contribution in [2.45, 2.75) is 39.3 Å². The highest BCUT2D eigenvalue weighted by molar-refractivity contribution is 14.0. The third kappa shape index (κ3) is 6.82. The van der Waals surface area contributed by atoms with E-state index in [1.807, 2.05) is 18.2 Å². The van der Waals surface area contributed by atoms with Crippen molar-refractivity contribution in [3.8, 4) is 0 Å². The molecule has 7 nitrogen and oxygen atoms in total. The minimum absolute atomic E-state index is 0. The average molecular weight is 533 g/mol. The largest absolute Gasteiger partial charge is 0.349 e. The summed E-state index contributed by atoms with van der Waals surface area (Å²) in [6.45, 7) is 11.4. The van der Waals surface area contributed by atoms with Gasteiger partial charge < -0.3 is 14.7 Å². The Kier molecular flexibility index (Phi) is 8.72. The summed E-state index contributed by atoms with van der Waals surface area (Å²) in [4.78, 5) is 13.6. The van der Waals surface area contributed by atoms with E-state index in [2.05, 4.69) is 57.1 Å². The SMILES string of the molecule is CN=C(NCc1noc(C(C)(C)C)n1)N1CCN(Cc2cccc(Cl)c2)CC1.I. The van der Waals surface area contributed by atoms with Crippen molar-refractivity contribution in [2.24, 2.45) is 4.99 Å². The lowest BCUT2D eigenvalue weighted by Gasteiger charge is -2.36. The smallest absolute Gasteiger partial charge is 0.232 e. The fraction of sp³-hybridized carbons (Fsp3) is 0.550. The van der Waals surface area contributed by atoms with E-state index in [-0.39, 0.29) is 29.4 Å². The zero-order valence-corrected chi connectivity index (χ0v) is 20.6. The van der Waals surface area contributed by atoms with Crippen LogP contribution in [0.3, 0.4) is 0 Å². The maximum Gasteiger partial charge on any atom is 0.232 e. The molecule has 1 aliphatic heterocycles. The Morgan fingerprint density at radius 3 is 2.55 bits per heavy atom. The average Bonchev–Trinajstić information content (AvgIpc) is 3.13. The maximum atomic E-state index is 6.09. The van der Waals surface area contributed by atoms with E-state index in [1.54, 1.807) is 7.05 Å². The molecule has 160 valence electrons. The summed E-state index contributed by atoms with van der Waals surface area (Å²) >= 11 is 6.09. The minimum Gasteiger partial charge on any atom is -0.349 e. The lowest BCUT2D eigenvalue weighted by molar-refractivity contribution is 0.172. The standard InChI is InChI=1S/C20H29ClN6O.HI/c1-20(2,3)18-24-17(25-28-18)13-23-19(22-4)27-10-8-26(9-11-27)14-15-6-5-7-16(21)12-15;/h5-7,12H,8-11,13-14H2,1-4H3,(H,22,23);1H. The lowest BCUT2D eigenvalue weighted by atomic mass is 9.97. The van der Waals surface area contributed by atoms with Gasteiger partial charge in [-0.25, -0.2) is 0 Å². The first-order chi connectivity index (χ1) is 13.3. The van der Waals surface area contributed by atoms with Gasteiger partial charge in [0.2, 0.25) is 5.89 Å². The zero-order valence-electron chi connectivity index (χ0n) is 17.5. The highest BCUT2D eigenvalue weighted by Crippen LogP contribution is 2.19. The lowest BCUT2D eigenvalue weighted by Crippen LogP contribution is -2.52. The monoisotopic (exact) mass is 532 g/mol. The first-order valence-corrected chi connectivity index (χ1v) is 9.98. The number of piperazine rings is 1. The number of hydrogen-bond acceptors (Lipinski definition) is 5. The predicted molar refractivity (Wildman–Crippen MR) is 127 cm³/mol. The highest BCUT2D eigenvalue weighted by atomic mass is 127. The Balaban J connectivity index is 0.00000300. The molecule has 0 radical (unpaired) electrons. The molecule has 0 atom stereocenters. The Labute approximate surface area is 194 Å². The first kappa shape index (κ1) is 23.9. The van der Waals surface area contributed by atoms with Gasteiger partial charge in [-0.3, -0.25) is 9.89 Å². The van der Waals surface area contributed by atoms with Crippen LogP contribution in [-0.4, -0.2) is 59.1 Å². The number of nitrogens with one attached hydrogen (secondary N) is 1. The van der Waals surface area contributed by atoms with Crippen molar-refractivity contribution in [3.05, 3.63) is 46.6 Å². The van der Waals surface area contributed by atoms with Gasteiger partial charge in [-0.1, -0.05) is 49.7 Å². The van der Waals surface area contributed by atoms with E-state index in [4.69, 9.17) is 16.1 Å². The first-order valence-electron chi connectivity index (χ1n) is 9.60. The van der Waals surface area contributed by atoms with E-state index < -0.39 is 0 Å². The molecule has 2 aromatic rings. The molecule has 0 aliphatic carbocycles. The fourth-order valence-corrected chi connectivity index (χ4v) is 3.34. The van der Waals surface area contributed by atoms with Gasteiger partial charge in [-0.15, -0.1) is 24.0 Å². The molecular weight excluding hydrogens is 503 g/mol. The van der Waals surface area contributed by atoms with E-state index in [9.17, 15) is 0 Å². The van der Waals surface area contributed by atoms with Gasteiger partial charge in [0.25, 0.3) is 0 Å². The van der Waals surface area contributed by atoms with Crippen LogP contribution in [-0.2, 0) is 18.5 Å². The van der Waals surface area contributed by atoms with Crippen LogP contribution in [0.5, 0.6) is 0 Å². The van der Waals surface area contributed by atoms with Gasteiger partial charge in [-0.2, -0.15) is 4.98 Å². The summed E-state index contributed by atoms with van der Waals surface area (Å²) in [5, 5.41) is 8.19. The Morgan fingerprint density at radius 1 is 1.24 bits per heavy atom. The Bertz CT molecular complexity index is 811. The Morgan fingerprint density at radius 2 is 1.97 bits per heavy atom. The normalized spacial score (nSPS) is 15.9. The van der Waals surface area contributed by atoms with Crippen LogP contribution in [0.25, 0.3) is 0 Å². The highest BCUT2D eigenvalue weighted by Gasteiger charge is 2.23. The molecule has 1 fully saturated rings. The minimum atomic E-state index is -0.147. The van der Waals surface area contributed by atoms with Crippen LogP contribution in [0.2, 0.25) is 5.02 Å². The number of nitrogens with zero attached hydrogens (tertiary/aromatic N) is 5. The molecule has 3 rings (SSSR count). The summed E-state index contributed by atoms with van der Waals surface area (Å²) in [5.41, 5.74) is 1.10. The van der Waals surface area contributed by atoms with Gasteiger partial charge in [0.1, 0.15) is 0 Å². The van der Waals surface area contributed by atoms with Crippen LogP contribution in [0.1, 0.15) is 38.0 Å². The van der Waals surface area contributed by atoms with Crippen molar-refractivity contribution < 1.29 is 4.52 Å². The predicted octanol–water partition coefficient (Wildman–Crippen LogP) is 3.53. The van der Waals surface area contributed by atoms with E-state index in [1.165, 1.54) is 5.56 Å². The van der Waals surface area contributed by atoms with Gasteiger partial charge in [0.05, 0.1) is 6.54 Å². The molecule has 1 N–H and O–H groups in total. The molecule has 0 bridgehead atoms. The summed E-state index contributed by atoms with van der Waals surface area (Å²) in [6, 6.07) is 8.07. The second kappa shape index (κ2) is 10.6. The second-order valence-corrected chi connectivity index (χ2v) is 8.50. The zero-order chi connectivity index (χ0) is 20.1. The van der Waals surface area contributed by atoms with Crippen molar-refractivity contribution >= 4 is 41.5 Å². The van der Waals surface area contributed by atoms with Crippen LogP contribution < -0.4 is 5.32 Å². The molecule has 29 heavy (non-hydrogen) atoms. The van der Waals surface area contributed by atoms with Crippen molar-refractivity contribution in [1.29, 1.82) is 0 Å². The van der Waals surface area contributed by atoms with Crippen LogP contribution in [0, 0.1) is 0 Å². The van der Waals surface area contributed by atoms with Crippen molar-refractivity contribution in [3.63, 3.8) is 0 Å². The number of halogens is 2. The van der Waals surface area contributed by atoms with Crippen LogP contribution in [0.4, 0.5) is 0 Å².